The fraction of sp³-hybridized carbons (Fsp3) is 0.261. The Kier molecular flexibility index (Phi) is 6.92. The summed E-state index contributed by atoms with van der Waals surface area (Å²) in [4.78, 5) is 37.5. The standard InChI is InChI=1S/C23H23NO7/c1-4-30-20(25)13-18(14-8-10-16(28-2)11-9-14)24-22(26)17-12-15-6-5-7-19(29-3)21(15)31-23(17)27/h5-12,18H,4,13H2,1-3H3,(H,24,26)/t18-/m1/s1. The molecule has 1 aromatic heterocycles. The average molecular weight is 425 g/mol. The van der Waals surface area contributed by atoms with Crippen molar-refractivity contribution in [1.82, 2.24) is 5.32 Å². The van der Waals surface area contributed by atoms with Crippen LogP contribution in [0.1, 0.15) is 35.3 Å². The first-order valence-electron chi connectivity index (χ1n) is 9.68. The van der Waals surface area contributed by atoms with Gasteiger partial charge in [-0.05, 0) is 36.8 Å². The zero-order valence-corrected chi connectivity index (χ0v) is 17.5. The van der Waals surface area contributed by atoms with Crippen LogP contribution in [-0.4, -0.2) is 32.7 Å². The summed E-state index contributed by atoms with van der Waals surface area (Å²) in [7, 11) is 3.01. The van der Waals surface area contributed by atoms with E-state index < -0.39 is 23.5 Å². The van der Waals surface area contributed by atoms with E-state index in [4.69, 9.17) is 18.6 Å². The maximum atomic E-state index is 12.9. The molecule has 8 nitrogen and oxygen atoms in total. The van der Waals surface area contributed by atoms with Crippen LogP contribution in [0.15, 0.2) is 57.7 Å². The van der Waals surface area contributed by atoms with Crippen molar-refractivity contribution in [3.8, 4) is 11.5 Å². The number of methoxy groups -OCH3 is 2. The molecule has 0 aliphatic heterocycles. The van der Waals surface area contributed by atoms with Gasteiger partial charge < -0.3 is 23.9 Å². The van der Waals surface area contributed by atoms with Gasteiger partial charge in [-0.3, -0.25) is 9.59 Å². The average Bonchev–Trinajstić information content (AvgIpc) is 2.78. The largest absolute Gasteiger partial charge is 0.497 e. The fourth-order valence-electron chi connectivity index (χ4n) is 3.15. The molecule has 1 atom stereocenters. The van der Waals surface area contributed by atoms with Crippen LogP contribution in [0.4, 0.5) is 0 Å². The normalized spacial score (nSPS) is 11.6. The number of rotatable bonds is 8. The lowest BCUT2D eigenvalue weighted by molar-refractivity contribution is -0.143. The second kappa shape index (κ2) is 9.80. The molecule has 8 heteroatoms. The predicted molar refractivity (Wildman–Crippen MR) is 113 cm³/mol. The van der Waals surface area contributed by atoms with Crippen molar-refractivity contribution in [2.45, 2.75) is 19.4 Å². The summed E-state index contributed by atoms with van der Waals surface area (Å²) in [6.45, 7) is 1.92. The van der Waals surface area contributed by atoms with E-state index in [1.807, 2.05) is 0 Å². The van der Waals surface area contributed by atoms with Gasteiger partial charge in [-0.1, -0.05) is 24.3 Å². The molecular weight excluding hydrogens is 402 g/mol. The first-order chi connectivity index (χ1) is 15.0. The molecule has 0 aliphatic carbocycles. The smallest absolute Gasteiger partial charge is 0.349 e. The molecule has 0 unspecified atom stereocenters. The number of amides is 1. The summed E-state index contributed by atoms with van der Waals surface area (Å²) in [5.41, 5.74) is -0.0685. The van der Waals surface area contributed by atoms with Gasteiger partial charge in [0.15, 0.2) is 11.3 Å². The third-order valence-electron chi connectivity index (χ3n) is 4.69. The van der Waals surface area contributed by atoms with Gasteiger partial charge in [0.25, 0.3) is 5.91 Å². The highest BCUT2D eigenvalue weighted by molar-refractivity contribution is 5.97. The number of esters is 1. The second-order valence-corrected chi connectivity index (χ2v) is 6.63. The Morgan fingerprint density at radius 1 is 1.06 bits per heavy atom. The van der Waals surface area contributed by atoms with Crippen LogP contribution in [-0.2, 0) is 9.53 Å². The molecule has 0 fully saturated rings. The molecule has 31 heavy (non-hydrogen) atoms. The lowest BCUT2D eigenvalue weighted by Gasteiger charge is -2.19. The third-order valence-corrected chi connectivity index (χ3v) is 4.69. The number of nitrogens with one attached hydrogen (secondary N) is 1. The van der Waals surface area contributed by atoms with Gasteiger partial charge >= 0.3 is 11.6 Å². The highest BCUT2D eigenvalue weighted by atomic mass is 16.5. The molecule has 3 rings (SSSR count). The second-order valence-electron chi connectivity index (χ2n) is 6.63. The SMILES string of the molecule is CCOC(=O)C[C@@H](NC(=O)c1cc2cccc(OC)c2oc1=O)c1ccc(OC)cc1. The van der Waals surface area contributed by atoms with Crippen molar-refractivity contribution < 1.29 is 28.2 Å². The zero-order chi connectivity index (χ0) is 22.4. The lowest BCUT2D eigenvalue weighted by Crippen LogP contribution is -2.33. The molecule has 1 amide bonds. The summed E-state index contributed by atoms with van der Waals surface area (Å²) >= 11 is 0. The van der Waals surface area contributed by atoms with Gasteiger partial charge in [0, 0.05) is 5.39 Å². The van der Waals surface area contributed by atoms with E-state index in [-0.39, 0.29) is 24.2 Å². The van der Waals surface area contributed by atoms with E-state index in [0.717, 1.165) is 0 Å². The number of carbonyl (C=O) groups is 2. The zero-order valence-electron chi connectivity index (χ0n) is 17.5. The number of carbonyl (C=O) groups excluding carboxylic acids is 2. The predicted octanol–water partition coefficient (Wildman–Crippen LogP) is 3.23. The van der Waals surface area contributed by atoms with Crippen molar-refractivity contribution in [3.05, 3.63) is 70.1 Å². The first-order valence-corrected chi connectivity index (χ1v) is 9.68. The summed E-state index contributed by atoms with van der Waals surface area (Å²) in [6, 6.07) is 12.7. The van der Waals surface area contributed by atoms with Gasteiger partial charge in [0.2, 0.25) is 0 Å². The number of para-hydroxylation sites is 1. The molecule has 0 radical (unpaired) electrons. The van der Waals surface area contributed by atoms with Crippen LogP contribution in [0.25, 0.3) is 11.0 Å². The fourth-order valence-corrected chi connectivity index (χ4v) is 3.15. The summed E-state index contributed by atoms with van der Waals surface area (Å²) in [6.07, 6.45) is -0.0986. The van der Waals surface area contributed by atoms with Crippen LogP contribution < -0.4 is 20.4 Å². The maximum absolute atomic E-state index is 12.9. The summed E-state index contributed by atoms with van der Waals surface area (Å²) < 4.78 is 20.7. The molecule has 0 aliphatic rings. The van der Waals surface area contributed by atoms with Crippen molar-refractivity contribution >= 4 is 22.8 Å². The number of hydrogen-bond donors (Lipinski definition) is 1. The Balaban J connectivity index is 1.92. The Morgan fingerprint density at radius 3 is 2.45 bits per heavy atom. The van der Waals surface area contributed by atoms with E-state index in [1.54, 1.807) is 56.5 Å². The maximum Gasteiger partial charge on any atom is 0.349 e. The highest BCUT2D eigenvalue weighted by Gasteiger charge is 2.23. The Labute approximate surface area is 178 Å². The van der Waals surface area contributed by atoms with E-state index in [1.165, 1.54) is 13.2 Å². The monoisotopic (exact) mass is 425 g/mol. The number of hydrogen-bond acceptors (Lipinski definition) is 7. The number of ether oxygens (including phenoxy) is 3. The highest BCUT2D eigenvalue weighted by Crippen LogP contribution is 2.25. The van der Waals surface area contributed by atoms with E-state index in [2.05, 4.69) is 5.32 Å². The van der Waals surface area contributed by atoms with Crippen molar-refractivity contribution in [3.63, 3.8) is 0 Å². The van der Waals surface area contributed by atoms with E-state index >= 15 is 0 Å². The summed E-state index contributed by atoms with van der Waals surface area (Å²) in [5.74, 6) is -0.114. The minimum Gasteiger partial charge on any atom is -0.497 e. The van der Waals surface area contributed by atoms with E-state index in [9.17, 15) is 14.4 Å². The Bertz CT molecular complexity index is 1130. The van der Waals surface area contributed by atoms with Crippen LogP contribution >= 0.6 is 0 Å². The Morgan fingerprint density at radius 2 is 1.81 bits per heavy atom. The van der Waals surface area contributed by atoms with Crippen LogP contribution in [0.3, 0.4) is 0 Å². The van der Waals surface area contributed by atoms with Crippen molar-refractivity contribution in [1.29, 1.82) is 0 Å². The van der Waals surface area contributed by atoms with Crippen LogP contribution in [0.5, 0.6) is 11.5 Å². The molecule has 162 valence electrons. The van der Waals surface area contributed by atoms with Crippen molar-refractivity contribution in [2.24, 2.45) is 0 Å². The van der Waals surface area contributed by atoms with Gasteiger partial charge in [0.1, 0.15) is 11.3 Å². The molecule has 3 aromatic rings. The lowest BCUT2D eigenvalue weighted by atomic mass is 10.0. The molecular formula is C23H23NO7. The molecule has 2 aromatic carbocycles. The summed E-state index contributed by atoms with van der Waals surface area (Å²) in [5, 5.41) is 3.28. The minimum atomic E-state index is -0.806. The number of fused-ring (bicyclic) bond motifs is 1. The molecule has 0 spiro atoms. The van der Waals surface area contributed by atoms with Crippen LogP contribution in [0.2, 0.25) is 0 Å². The first kappa shape index (κ1) is 21.9. The number of benzene rings is 2. The molecule has 1 heterocycles. The van der Waals surface area contributed by atoms with Gasteiger partial charge in [0.05, 0.1) is 33.3 Å². The third kappa shape index (κ3) is 5.03. The van der Waals surface area contributed by atoms with Crippen molar-refractivity contribution in [2.75, 3.05) is 20.8 Å². The van der Waals surface area contributed by atoms with Crippen LogP contribution in [0, 0.1) is 0 Å². The molecule has 0 saturated heterocycles. The van der Waals surface area contributed by atoms with Gasteiger partial charge in [-0.2, -0.15) is 0 Å². The van der Waals surface area contributed by atoms with E-state index in [0.29, 0.717) is 22.4 Å². The molecule has 0 saturated carbocycles. The molecule has 0 bridgehead atoms. The van der Waals surface area contributed by atoms with Gasteiger partial charge in [-0.25, -0.2) is 4.79 Å². The quantitative estimate of drug-likeness (QED) is 0.436. The minimum absolute atomic E-state index is 0.0986. The van der Waals surface area contributed by atoms with Gasteiger partial charge in [-0.15, -0.1) is 0 Å². The topological polar surface area (TPSA) is 104 Å². The Hall–Kier alpha value is -3.81. The molecule has 1 N–H and O–H groups in total.